The molecule has 2 N–H and O–H groups in total. The van der Waals surface area contributed by atoms with Crippen molar-refractivity contribution < 1.29 is 27.9 Å². The van der Waals surface area contributed by atoms with E-state index < -0.39 is 28.7 Å². The molecule has 1 aromatic heterocycles. The van der Waals surface area contributed by atoms with E-state index in [4.69, 9.17) is 32.5 Å². The maximum Gasteiger partial charge on any atom is 0.258 e. The number of benzene rings is 2. The zero-order chi connectivity index (χ0) is 24.8. The van der Waals surface area contributed by atoms with E-state index in [9.17, 15) is 18.7 Å². The number of hydrogen-bond donors (Lipinski definition) is 2. The van der Waals surface area contributed by atoms with Gasteiger partial charge in [-0.1, -0.05) is 28.4 Å². The third kappa shape index (κ3) is 4.48. The Morgan fingerprint density at radius 2 is 1.80 bits per heavy atom. The number of aliphatic hydroxyl groups excluding tert-OH is 1. The van der Waals surface area contributed by atoms with Crippen LogP contribution in [0.2, 0.25) is 10.0 Å². The van der Waals surface area contributed by atoms with E-state index in [-0.39, 0.29) is 34.1 Å². The Balaban J connectivity index is 1.24. The van der Waals surface area contributed by atoms with Crippen LogP contribution in [-0.2, 0) is 10.2 Å². The number of carbonyl (C=O) groups excluding carboxylic acids is 1. The average Bonchev–Trinajstić information content (AvgIpc) is 3.33. The summed E-state index contributed by atoms with van der Waals surface area (Å²) >= 11 is 11.4. The van der Waals surface area contributed by atoms with Gasteiger partial charge in [-0.25, -0.2) is 8.78 Å². The van der Waals surface area contributed by atoms with Crippen LogP contribution in [0.1, 0.15) is 38.0 Å². The summed E-state index contributed by atoms with van der Waals surface area (Å²) in [5, 5.41) is 18.0. The molecule has 0 aliphatic heterocycles. The van der Waals surface area contributed by atoms with Crippen molar-refractivity contribution in [1.29, 1.82) is 0 Å². The standard InChI is InChI=1S/C24H21Cl2F2N3O4/c25-15-3-1-13(9-17(15)27)21-29-22(35-31-21)24-7-5-23(6-8-24,11-19(24)32)30-20(33)12-34-14-2-4-16(26)18(28)10-14/h1-4,9-10,19,32H,5-8,11-12H2,(H,30,33)/t19-,23?,24?/m1/s1. The van der Waals surface area contributed by atoms with Crippen LogP contribution in [0.3, 0.4) is 0 Å². The highest BCUT2D eigenvalue weighted by Crippen LogP contribution is 2.53. The molecule has 0 spiro atoms. The minimum absolute atomic E-state index is 0.00448. The predicted octanol–water partition coefficient (Wildman–Crippen LogP) is 4.83. The molecule has 184 valence electrons. The van der Waals surface area contributed by atoms with Crippen molar-refractivity contribution in [1.82, 2.24) is 15.5 Å². The molecule has 7 nitrogen and oxygen atoms in total. The fraction of sp³-hybridized carbons (Fsp3) is 0.375. The summed E-state index contributed by atoms with van der Waals surface area (Å²) in [4.78, 5) is 17.0. The molecule has 3 fully saturated rings. The molecule has 35 heavy (non-hydrogen) atoms. The normalized spacial score (nSPS) is 25.5. The van der Waals surface area contributed by atoms with Gasteiger partial charge in [-0.3, -0.25) is 4.79 Å². The smallest absolute Gasteiger partial charge is 0.258 e. The van der Waals surface area contributed by atoms with Crippen LogP contribution in [0.25, 0.3) is 11.4 Å². The van der Waals surface area contributed by atoms with Crippen LogP contribution < -0.4 is 10.1 Å². The van der Waals surface area contributed by atoms with Gasteiger partial charge in [0.05, 0.1) is 21.6 Å². The molecule has 3 aliphatic rings. The van der Waals surface area contributed by atoms with E-state index in [0.717, 1.165) is 6.07 Å². The van der Waals surface area contributed by atoms with Crippen molar-refractivity contribution in [2.24, 2.45) is 0 Å². The van der Waals surface area contributed by atoms with Crippen molar-refractivity contribution in [3.63, 3.8) is 0 Å². The molecule has 0 radical (unpaired) electrons. The van der Waals surface area contributed by atoms with Crippen LogP contribution in [0.4, 0.5) is 8.78 Å². The van der Waals surface area contributed by atoms with Crippen molar-refractivity contribution >= 4 is 29.1 Å². The van der Waals surface area contributed by atoms with Gasteiger partial charge in [0.1, 0.15) is 17.4 Å². The molecule has 1 heterocycles. The van der Waals surface area contributed by atoms with E-state index in [1.165, 1.54) is 24.3 Å². The Morgan fingerprint density at radius 3 is 2.46 bits per heavy atom. The second kappa shape index (κ2) is 9.04. The number of fused-ring (bicyclic) bond motifs is 3. The molecule has 2 bridgehead atoms. The lowest BCUT2D eigenvalue weighted by atomic mass is 9.55. The molecule has 2 aromatic carbocycles. The number of aromatic nitrogens is 2. The zero-order valence-electron chi connectivity index (χ0n) is 18.4. The molecule has 3 saturated carbocycles. The summed E-state index contributed by atoms with van der Waals surface area (Å²) in [6.07, 6.45) is 1.72. The first-order valence-corrected chi connectivity index (χ1v) is 11.8. The topological polar surface area (TPSA) is 97.5 Å². The molecule has 3 aliphatic carbocycles. The number of hydrogen-bond acceptors (Lipinski definition) is 6. The Hall–Kier alpha value is -2.75. The highest BCUT2D eigenvalue weighted by atomic mass is 35.5. The Labute approximate surface area is 209 Å². The van der Waals surface area contributed by atoms with E-state index in [1.807, 2.05) is 0 Å². The molecule has 1 amide bonds. The van der Waals surface area contributed by atoms with Gasteiger partial charge in [-0.05, 0) is 62.4 Å². The van der Waals surface area contributed by atoms with Crippen LogP contribution in [0.15, 0.2) is 40.9 Å². The summed E-state index contributed by atoms with van der Waals surface area (Å²) in [7, 11) is 0. The fourth-order valence-corrected chi connectivity index (χ4v) is 5.27. The fourth-order valence-electron chi connectivity index (χ4n) is 5.04. The van der Waals surface area contributed by atoms with Crippen molar-refractivity contribution in [3.8, 4) is 17.1 Å². The SMILES string of the molecule is O=C(COc1ccc(Cl)c(F)c1)NC12CCC(c3nc(-c4ccc(Cl)c(F)c4)no3)(CC1)[C@H](O)C2. The molecule has 1 atom stereocenters. The Kier molecular flexibility index (Phi) is 6.19. The molecule has 11 heteroatoms. The summed E-state index contributed by atoms with van der Waals surface area (Å²) in [5.41, 5.74) is -0.906. The summed E-state index contributed by atoms with van der Waals surface area (Å²) in [6, 6.07) is 8.19. The summed E-state index contributed by atoms with van der Waals surface area (Å²) in [5.74, 6) is -0.889. The number of carbonyl (C=O) groups is 1. The number of aliphatic hydroxyl groups is 1. The minimum Gasteiger partial charge on any atom is -0.484 e. The first-order valence-electron chi connectivity index (χ1n) is 11.1. The zero-order valence-corrected chi connectivity index (χ0v) is 19.9. The maximum absolute atomic E-state index is 13.8. The van der Waals surface area contributed by atoms with Gasteiger partial charge in [0.15, 0.2) is 6.61 Å². The first kappa shape index (κ1) is 24.0. The second-order valence-electron chi connectivity index (χ2n) is 9.12. The van der Waals surface area contributed by atoms with Crippen molar-refractivity contribution in [3.05, 3.63) is 64.0 Å². The minimum atomic E-state index is -0.827. The number of ether oxygens (including phenoxy) is 1. The number of amides is 1. The second-order valence-corrected chi connectivity index (χ2v) is 9.94. The van der Waals surface area contributed by atoms with Gasteiger partial charge in [0.25, 0.3) is 5.91 Å². The summed E-state index contributed by atoms with van der Waals surface area (Å²) < 4.78 is 38.3. The number of nitrogens with one attached hydrogen (secondary N) is 1. The van der Waals surface area contributed by atoms with Gasteiger partial charge in [0.2, 0.25) is 11.7 Å². The lowest BCUT2D eigenvalue weighted by Gasteiger charge is -2.54. The number of halogens is 4. The van der Waals surface area contributed by atoms with Crippen LogP contribution in [-0.4, -0.2) is 39.4 Å². The number of nitrogens with zero attached hydrogens (tertiary/aromatic N) is 2. The van der Waals surface area contributed by atoms with E-state index >= 15 is 0 Å². The molecule has 3 aromatic rings. The van der Waals surface area contributed by atoms with Crippen LogP contribution in [0.5, 0.6) is 5.75 Å². The van der Waals surface area contributed by atoms with Crippen molar-refractivity contribution in [2.75, 3.05) is 6.61 Å². The molecular formula is C24H21Cl2F2N3O4. The maximum atomic E-state index is 13.8. The molecule has 0 saturated heterocycles. The lowest BCUT2D eigenvalue weighted by Crippen LogP contribution is -2.64. The first-order chi connectivity index (χ1) is 16.7. The van der Waals surface area contributed by atoms with Gasteiger partial charge in [-0.15, -0.1) is 0 Å². The van der Waals surface area contributed by atoms with Gasteiger partial charge < -0.3 is 19.7 Å². The van der Waals surface area contributed by atoms with Gasteiger partial charge >= 0.3 is 0 Å². The van der Waals surface area contributed by atoms with E-state index in [1.54, 1.807) is 6.07 Å². The quantitative estimate of drug-likeness (QED) is 0.480. The highest BCUT2D eigenvalue weighted by Gasteiger charge is 2.58. The lowest BCUT2D eigenvalue weighted by molar-refractivity contribution is -0.129. The third-order valence-corrected chi connectivity index (χ3v) is 7.63. The molecule has 0 unspecified atom stereocenters. The van der Waals surface area contributed by atoms with Crippen LogP contribution >= 0.6 is 23.2 Å². The van der Waals surface area contributed by atoms with E-state index in [0.29, 0.717) is 43.6 Å². The summed E-state index contributed by atoms with van der Waals surface area (Å²) in [6.45, 7) is -0.297. The largest absolute Gasteiger partial charge is 0.484 e. The molecular weight excluding hydrogens is 503 g/mol. The van der Waals surface area contributed by atoms with Gasteiger partial charge in [-0.2, -0.15) is 4.98 Å². The number of rotatable bonds is 6. The Bertz CT molecular complexity index is 1280. The van der Waals surface area contributed by atoms with Crippen molar-refractivity contribution in [2.45, 2.75) is 49.2 Å². The average molecular weight is 524 g/mol. The highest BCUT2D eigenvalue weighted by molar-refractivity contribution is 6.31. The Morgan fingerprint density at radius 1 is 1.11 bits per heavy atom. The monoisotopic (exact) mass is 523 g/mol. The van der Waals surface area contributed by atoms with E-state index in [2.05, 4.69) is 15.5 Å². The van der Waals surface area contributed by atoms with Gasteiger partial charge in [0, 0.05) is 17.2 Å². The van der Waals surface area contributed by atoms with Crippen LogP contribution in [0, 0.1) is 11.6 Å². The third-order valence-electron chi connectivity index (χ3n) is 7.02. The predicted molar refractivity (Wildman–Crippen MR) is 123 cm³/mol. The molecule has 6 rings (SSSR count).